The van der Waals surface area contributed by atoms with Gasteiger partial charge in [-0.1, -0.05) is 35.9 Å². The molecule has 0 spiro atoms. The summed E-state index contributed by atoms with van der Waals surface area (Å²) in [5.41, 5.74) is 6.56. The SMILES string of the molecule is [O-]NC(C1=C=C[C](Cl)C=C1)c1ccc(Cl)cc1. The molecule has 0 aliphatic heterocycles. The summed E-state index contributed by atoms with van der Waals surface area (Å²) in [5, 5.41) is 12.3. The van der Waals surface area contributed by atoms with Gasteiger partial charge in [-0.25, -0.2) is 0 Å². The van der Waals surface area contributed by atoms with Crippen LogP contribution in [0.1, 0.15) is 11.6 Å². The maximum absolute atomic E-state index is 11.1. The Hall–Kier alpha value is -1.02. The van der Waals surface area contributed by atoms with Crippen LogP contribution in [0.25, 0.3) is 0 Å². The molecule has 4 heteroatoms. The van der Waals surface area contributed by atoms with Crippen molar-refractivity contribution in [2.24, 2.45) is 0 Å². The van der Waals surface area contributed by atoms with Crippen LogP contribution in [0, 0.1) is 10.6 Å². The van der Waals surface area contributed by atoms with E-state index in [1.165, 1.54) is 0 Å². The summed E-state index contributed by atoms with van der Waals surface area (Å²) in [7, 11) is 0. The summed E-state index contributed by atoms with van der Waals surface area (Å²) in [5.74, 6) is 0. The minimum absolute atomic E-state index is 0.454. The molecule has 0 amide bonds. The highest BCUT2D eigenvalue weighted by Gasteiger charge is 2.12. The Morgan fingerprint density at radius 2 is 1.82 bits per heavy atom. The van der Waals surface area contributed by atoms with E-state index in [1.54, 1.807) is 42.5 Å². The molecule has 87 valence electrons. The summed E-state index contributed by atoms with van der Waals surface area (Å²) < 4.78 is 0. The number of halogens is 2. The average molecular weight is 266 g/mol. The third-order valence-corrected chi connectivity index (χ3v) is 2.92. The van der Waals surface area contributed by atoms with Crippen LogP contribution in [0.5, 0.6) is 0 Å². The lowest BCUT2D eigenvalue weighted by Gasteiger charge is -2.23. The summed E-state index contributed by atoms with van der Waals surface area (Å²) in [6.07, 6.45) is 5.14. The zero-order valence-electron chi connectivity index (χ0n) is 8.78. The van der Waals surface area contributed by atoms with Crippen LogP contribution in [0.3, 0.4) is 0 Å². The summed E-state index contributed by atoms with van der Waals surface area (Å²) in [6.45, 7) is 0. The second kappa shape index (κ2) is 5.54. The maximum atomic E-state index is 11.1. The van der Waals surface area contributed by atoms with Gasteiger partial charge in [0.2, 0.25) is 0 Å². The molecule has 0 saturated carbocycles. The Labute approximate surface area is 110 Å². The van der Waals surface area contributed by atoms with Gasteiger partial charge in [0.1, 0.15) is 5.38 Å². The fraction of sp³-hybridized carbons (Fsp3) is 0.0769. The van der Waals surface area contributed by atoms with Crippen LogP contribution in [-0.2, 0) is 0 Å². The second-order valence-electron chi connectivity index (χ2n) is 3.56. The highest BCUT2D eigenvalue weighted by molar-refractivity contribution is 6.30. The average Bonchev–Trinajstić information content (AvgIpc) is 2.35. The minimum Gasteiger partial charge on any atom is -0.787 e. The standard InChI is InChI=1S/C13H9Cl2NO/c14-11-5-1-9(2-6-11)13(16-17)10-3-7-12(15)8-4-10/h1-3,5-8,13,16H/q-1. The molecule has 1 aliphatic rings. The molecule has 0 bridgehead atoms. The number of nitrogens with one attached hydrogen (secondary N) is 1. The van der Waals surface area contributed by atoms with E-state index in [1.807, 2.05) is 5.48 Å². The Balaban J connectivity index is 2.32. The van der Waals surface area contributed by atoms with Gasteiger partial charge < -0.3 is 10.7 Å². The number of allylic oxidation sites excluding steroid dienone is 1. The monoisotopic (exact) mass is 265 g/mol. The Morgan fingerprint density at radius 1 is 1.12 bits per heavy atom. The largest absolute Gasteiger partial charge is 0.787 e. The fourth-order valence-electron chi connectivity index (χ4n) is 1.56. The molecule has 2 nitrogen and oxygen atoms in total. The molecule has 1 aromatic rings. The van der Waals surface area contributed by atoms with Crippen LogP contribution < -0.4 is 5.48 Å². The molecule has 1 atom stereocenters. The zero-order chi connectivity index (χ0) is 12.3. The molecule has 1 aliphatic carbocycles. The highest BCUT2D eigenvalue weighted by Crippen LogP contribution is 2.26. The van der Waals surface area contributed by atoms with Crippen molar-refractivity contribution in [1.29, 1.82) is 0 Å². The van der Waals surface area contributed by atoms with Gasteiger partial charge in [-0.15, -0.1) is 17.3 Å². The predicted molar refractivity (Wildman–Crippen MR) is 70.5 cm³/mol. The first-order chi connectivity index (χ1) is 8.20. The van der Waals surface area contributed by atoms with Gasteiger partial charge in [0.05, 0.1) is 6.04 Å². The van der Waals surface area contributed by atoms with E-state index in [4.69, 9.17) is 23.2 Å². The fourth-order valence-corrected chi connectivity index (χ4v) is 1.81. The van der Waals surface area contributed by atoms with E-state index in [0.717, 1.165) is 11.1 Å². The predicted octanol–water partition coefficient (Wildman–Crippen LogP) is 3.89. The molecule has 0 aromatic heterocycles. The Bertz CT molecular complexity index is 487. The van der Waals surface area contributed by atoms with E-state index in [9.17, 15) is 5.21 Å². The van der Waals surface area contributed by atoms with Crippen molar-refractivity contribution in [2.45, 2.75) is 6.04 Å². The summed E-state index contributed by atoms with van der Waals surface area (Å²) in [4.78, 5) is 0. The third-order valence-electron chi connectivity index (χ3n) is 2.43. The molecule has 0 heterocycles. The lowest BCUT2D eigenvalue weighted by Crippen LogP contribution is -2.16. The topological polar surface area (TPSA) is 35.1 Å². The number of hydroxylamine groups is 1. The van der Waals surface area contributed by atoms with Crippen molar-refractivity contribution in [2.75, 3.05) is 0 Å². The van der Waals surface area contributed by atoms with Crippen molar-refractivity contribution in [3.8, 4) is 0 Å². The van der Waals surface area contributed by atoms with Gasteiger partial charge in [-0.05, 0) is 23.8 Å². The van der Waals surface area contributed by atoms with Crippen LogP contribution in [0.4, 0.5) is 0 Å². The molecule has 1 radical (unpaired) electrons. The number of rotatable bonds is 3. The van der Waals surface area contributed by atoms with Crippen molar-refractivity contribution < 1.29 is 0 Å². The summed E-state index contributed by atoms with van der Waals surface area (Å²) in [6, 6.07) is 6.65. The van der Waals surface area contributed by atoms with Crippen LogP contribution >= 0.6 is 23.2 Å². The van der Waals surface area contributed by atoms with E-state index in [2.05, 4.69) is 5.73 Å². The van der Waals surface area contributed by atoms with Crippen molar-refractivity contribution in [3.63, 3.8) is 0 Å². The first-order valence-corrected chi connectivity index (χ1v) is 5.76. The quantitative estimate of drug-likeness (QED) is 0.665. The van der Waals surface area contributed by atoms with Crippen LogP contribution in [0.2, 0.25) is 5.02 Å². The van der Waals surface area contributed by atoms with E-state index >= 15 is 0 Å². The third kappa shape index (κ3) is 3.01. The zero-order valence-corrected chi connectivity index (χ0v) is 10.3. The minimum atomic E-state index is -0.454. The lowest BCUT2D eigenvalue weighted by molar-refractivity contribution is 0.731. The Kier molecular flexibility index (Phi) is 4.06. The number of benzene rings is 1. The first kappa shape index (κ1) is 12.4. The van der Waals surface area contributed by atoms with Gasteiger partial charge in [0.25, 0.3) is 0 Å². The normalized spacial score (nSPS) is 17.0. The summed E-state index contributed by atoms with van der Waals surface area (Å²) >= 11 is 11.6. The van der Waals surface area contributed by atoms with Gasteiger partial charge >= 0.3 is 0 Å². The van der Waals surface area contributed by atoms with Gasteiger partial charge in [-0.2, -0.15) is 0 Å². The van der Waals surface area contributed by atoms with Crippen LogP contribution in [0.15, 0.2) is 53.8 Å². The molecule has 1 unspecified atom stereocenters. The molecule has 17 heavy (non-hydrogen) atoms. The van der Waals surface area contributed by atoms with Crippen molar-refractivity contribution in [1.82, 2.24) is 5.48 Å². The molecule has 2 rings (SSSR count). The smallest absolute Gasteiger partial charge is 0.115 e. The maximum Gasteiger partial charge on any atom is 0.115 e. The lowest BCUT2D eigenvalue weighted by atomic mass is 9.98. The van der Waals surface area contributed by atoms with E-state index in [-0.39, 0.29) is 0 Å². The van der Waals surface area contributed by atoms with E-state index in [0.29, 0.717) is 10.4 Å². The molecule has 0 fully saturated rings. The Morgan fingerprint density at radius 3 is 2.35 bits per heavy atom. The molecule has 1 aromatic carbocycles. The van der Waals surface area contributed by atoms with Gasteiger partial charge in [0.15, 0.2) is 0 Å². The number of hydrogen-bond acceptors (Lipinski definition) is 2. The van der Waals surface area contributed by atoms with Crippen LogP contribution in [-0.4, -0.2) is 0 Å². The van der Waals surface area contributed by atoms with Gasteiger partial charge in [0, 0.05) is 10.6 Å². The van der Waals surface area contributed by atoms with E-state index < -0.39 is 6.04 Å². The molecular weight excluding hydrogens is 257 g/mol. The molecular formula is C13H9Cl2NO-. The van der Waals surface area contributed by atoms with Crippen molar-refractivity contribution in [3.05, 3.63) is 75.0 Å². The van der Waals surface area contributed by atoms with Crippen molar-refractivity contribution >= 4 is 23.2 Å². The number of hydrogen-bond donors (Lipinski definition) is 1. The first-order valence-electron chi connectivity index (χ1n) is 5.01. The molecule has 0 saturated heterocycles. The highest BCUT2D eigenvalue weighted by atomic mass is 35.5. The second-order valence-corrected chi connectivity index (χ2v) is 4.44. The molecule has 1 N–H and O–H groups in total. The van der Waals surface area contributed by atoms with Gasteiger partial charge in [-0.3, -0.25) is 0 Å².